The van der Waals surface area contributed by atoms with Crippen LogP contribution in [-0.4, -0.2) is 43.2 Å². The highest BCUT2D eigenvalue weighted by molar-refractivity contribution is 5.93. The molecule has 0 saturated carbocycles. The second-order valence-corrected chi connectivity index (χ2v) is 8.99. The summed E-state index contributed by atoms with van der Waals surface area (Å²) in [5.41, 5.74) is 2.78. The number of hydrogen-bond acceptors (Lipinski definition) is 4. The third-order valence-electron chi connectivity index (χ3n) is 6.96. The van der Waals surface area contributed by atoms with Crippen molar-refractivity contribution < 1.29 is 18.3 Å². The maximum Gasteiger partial charge on any atom is 0.338 e. The zero-order valence-electron chi connectivity index (χ0n) is 20.4. The highest BCUT2D eigenvalue weighted by Crippen LogP contribution is 2.38. The molecule has 0 aromatic heterocycles. The molecule has 0 N–H and O–H groups in total. The van der Waals surface area contributed by atoms with Crippen molar-refractivity contribution in [2.45, 2.75) is 71.5 Å². The van der Waals surface area contributed by atoms with Gasteiger partial charge in [-0.3, -0.25) is 4.90 Å². The van der Waals surface area contributed by atoms with Crippen LogP contribution in [0, 0.1) is 6.92 Å². The molecule has 180 valence electrons. The van der Waals surface area contributed by atoms with Crippen LogP contribution in [0.4, 0.5) is 14.5 Å². The van der Waals surface area contributed by atoms with Crippen LogP contribution in [0.1, 0.15) is 67.1 Å². The number of methoxy groups -OCH3 is 1. The number of anilines is 1. The highest BCUT2D eigenvalue weighted by atomic mass is 19.3. The van der Waals surface area contributed by atoms with E-state index in [1.54, 1.807) is 6.07 Å². The van der Waals surface area contributed by atoms with Gasteiger partial charge < -0.3 is 9.64 Å². The third-order valence-corrected chi connectivity index (χ3v) is 6.96. The van der Waals surface area contributed by atoms with Gasteiger partial charge >= 0.3 is 5.97 Å². The summed E-state index contributed by atoms with van der Waals surface area (Å²) in [5, 5.41) is 0. The van der Waals surface area contributed by atoms with Gasteiger partial charge in [0.2, 0.25) is 0 Å². The molecular weight excluding hydrogens is 422 g/mol. The topological polar surface area (TPSA) is 32.8 Å². The van der Waals surface area contributed by atoms with Crippen molar-refractivity contribution in [1.29, 1.82) is 0 Å². The minimum absolute atomic E-state index is 0.126. The van der Waals surface area contributed by atoms with E-state index in [1.165, 1.54) is 25.7 Å². The largest absolute Gasteiger partial charge is 0.465 e. The van der Waals surface area contributed by atoms with Crippen molar-refractivity contribution in [3.05, 3.63) is 64.7 Å². The average molecular weight is 459 g/mol. The summed E-state index contributed by atoms with van der Waals surface area (Å²) in [6.07, 6.45) is 1.55. The fourth-order valence-electron chi connectivity index (χ4n) is 4.89. The lowest BCUT2D eigenvalue weighted by molar-refractivity contribution is -0.00834. The Labute approximate surface area is 196 Å². The van der Waals surface area contributed by atoms with Gasteiger partial charge in [0.1, 0.15) is 0 Å². The van der Waals surface area contributed by atoms with E-state index in [0.717, 1.165) is 25.9 Å². The zero-order valence-corrected chi connectivity index (χ0v) is 20.4. The molecule has 2 aromatic rings. The number of piperidine rings is 1. The number of rotatable bonds is 8. The van der Waals surface area contributed by atoms with Gasteiger partial charge in [0.25, 0.3) is 5.92 Å². The number of ether oxygens (including phenoxy) is 1. The van der Waals surface area contributed by atoms with Gasteiger partial charge in [-0.2, -0.15) is 0 Å². The molecule has 1 fully saturated rings. The minimum Gasteiger partial charge on any atom is -0.465 e. The van der Waals surface area contributed by atoms with Crippen molar-refractivity contribution in [1.82, 2.24) is 4.90 Å². The molecule has 0 amide bonds. The first-order valence-corrected chi connectivity index (χ1v) is 11.9. The van der Waals surface area contributed by atoms with E-state index in [2.05, 4.69) is 41.0 Å². The van der Waals surface area contributed by atoms with E-state index in [4.69, 9.17) is 4.74 Å². The molecule has 4 nitrogen and oxygen atoms in total. The Morgan fingerprint density at radius 2 is 1.91 bits per heavy atom. The fourth-order valence-corrected chi connectivity index (χ4v) is 4.89. The average Bonchev–Trinajstić information content (AvgIpc) is 2.82. The molecule has 3 rings (SSSR count). The van der Waals surface area contributed by atoms with E-state index in [0.29, 0.717) is 23.8 Å². The second kappa shape index (κ2) is 10.6. The molecule has 1 aliphatic heterocycles. The molecule has 0 bridgehead atoms. The first-order valence-electron chi connectivity index (χ1n) is 11.9. The number of alkyl halides is 2. The van der Waals surface area contributed by atoms with Gasteiger partial charge in [-0.15, -0.1) is 0 Å². The summed E-state index contributed by atoms with van der Waals surface area (Å²) in [5.74, 6) is -3.58. The number of benzene rings is 2. The fraction of sp³-hybridized carbons (Fsp3) is 0.519. The van der Waals surface area contributed by atoms with E-state index in [-0.39, 0.29) is 23.6 Å². The van der Waals surface area contributed by atoms with Crippen LogP contribution in [-0.2, 0) is 17.2 Å². The van der Waals surface area contributed by atoms with Crippen LogP contribution < -0.4 is 4.90 Å². The Morgan fingerprint density at radius 3 is 2.48 bits per heavy atom. The number of hydrogen-bond donors (Lipinski definition) is 0. The van der Waals surface area contributed by atoms with Crippen LogP contribution in [0.25, 0.3) is 0 Å². The van der Waals surface area contributed by atoms with Crippen LogP contribution in [0.3, 0.4) is 0 Å². The molecule has 2 atom stereocenters. The Bertz CT molecular complexity index is 949. The molecule has 6 heteroatoms. The van der Waals surface area contributed by atoms with Gasteiger partial charge in [-0.05, 0) is 56.9 Å². The van der Waals surface area contributed by atoms with E-state index in [9.17, 15) is 13.6 Å². The highest BCUT2D eigenvalue weighted by Gasteiger charge is 2.34. The standard InChI is InChI=1S/C27H36F2N2O2/c1-6-27(28,29)22-16-24(26(32)33-5)20(4)25(17-22)31(7-2)23-13-14-30(19(3)15-23)18-21-11-9-8-10-12-21/h8-12,16-17,19,23H,6-7,13-15,18H2,1-5H3/t19-,23?/m0/s1. The van der Waals surface area contributed by atoms with Crippen LogP contribution in [0.2, 0.25) is 0 Å². The maximum atomic E-state index is 14.7. The van der Waals surface area contributed by atoms with E-state index < -0.39 is 11.9 Å². The van der Waals surface area contributed by atoms with E-state index in [1.807, 2.05) is 19.9 Å². The van der Waals surface area contributed by atoms with Gasteiger partial charge in [0.15, 0.2) is 0 Å². The number of nitrogens with zero attached hydrogens (tertiary/aromatic N) is 2. The molecule has 2 aromatic carbocycles. The van der Waals surface area contributed by atoms with Gasteiger partial charge in [-0.25, -0.2) is 13.6 Å². The Hall–Kier alpha value is -2.47. The summed E-state index contributed by atoms with van der Waals surface area (Å²) >= 11 is 0. The first-order chi connectivity index (χ1) is 15.7. The van der Waals surface area contributed by atoms with Gasteiger partial charge in [0, 0.05) is 49.4 Å². The van der Waals surface area contributed by atoms with Crippen LogP contribution >= 0.6 is 0 Å². The smallest absolute Gasteiger partial charge is 0.338 e. The Kier molecular flexibility index (Phi) is 8.11. The maximum absolute atomic E-state index is 14.7. The van der Waals surface area contributed by atoms with Crippen LogP contribution in [0.5, 0.6) is 0 Å². The van der Waals surface area contributed by atoms with Crippen molar-refractivity contribution in [2.75, 3.05) is 25.1 Å². The molecule has 0 radical (unpaired) electrons. The number of halogens is 2. The van der Waals surface area contributed by atoms with Gasteiger partial charge in [0.05, 0.1) is 12.7 Å². The Balaban J connectivity index is 1.89. The number of likely N-dealkylation sites (tertiary alicyclic amines) is 1. The van der Waals surface area contributed by atoms with Crippen LogP contribution in [0.15, 0.2) is 42.5 Å². The summed E-state index contributed by atoms with van der Waals surface area (Å²) in [4.78, 5) is 17.1. The van der Waals surface area contributed by atoms with E-state index >= 15 is 0 Å². The lowest BCUT2D eigenvalue weighted by Gasteiger charge is -2.43. The predicted octanol–water partition coefficient (Wildman–Crippen LogP) is 6.16. The Morgan fingerprint density at radius 1 is 1.21 bits per heavy atom. The molecular formula is C27H36F2N2O2. The number of carbonyl (C=O) groups is 1. The van der Waals surface area contributed by atoms with Crippen molar-refractivity contribution >= 4 is 11.7 Å². The minimum atomic E-state index is -3.00. The SMILES string of the molecule is CCN(c1cc(C(F)(F)CC)cc(C(=O)OC)c1C)C1CCN(Cc2ccccc2)[C@@H](C)C1. The van der Waals surface area contributed by atoms with Gasteiger partial charge in [-0.1, -0.05) is 37.3 Å². The first kappa shape index (κ1) is 25.2. The molecule has 0 aliphatic carbocycles. The van der Waals surface area contributed by atoms with Crippen molar-refractivity contribution in [3.63, 3.8) is 0 Å². The zero-order chi connectivity index (χ0) is 24.2. The van der Waals surface area contributed by atoms with Crippen molar-refractivity contribution in [2.24, 2.45) is 0 Å². The second-order valence-electron chi connectivity index (χ2n) is 8.99. The normalized spacial score (nSPS) is 19.4. The monoisotopic (exact) mass is 458 g/mol. The molecule has 1 unspecified atom stereocenters. The summed E-state index contributed by atoms with van der Waals surface area (Å²) in [6.45, 7) is 10.1. The summed E-state index contributed by atoms with van der Waals surface area (Å²) in [7, 11) is 1.29. The quantitative estimate of drug-likeness (QED) is 0.443. The molecule has 33 heavy (non-hydrogen) atoms. The summed E-state index contributed by atoms with van der Waals surface area (Å²) < 4.78 is 34.3. The molecule has 1 aliphatic rings. The molecule has 1 saturated heterocycles. The summed E-state index contributed by atoms with van der Waals surface area (Å²) in [6, 6.07) is 13.9. The predicted molar refractivity (Wildman–Crippen MR) is 129 cm³/mol. The number of esters is 1. The molecule has 0 spiro atoms. The number of carbonyl (C=O) groups excluding carboxylic acids is 1. The lowest BCUT2D eigenvalue weighted by Crippen LogP contribution is -2.49. The third kappa shape index (κ3) is 5.55. The lowest BCUT2D eigenvalue weighted by atomic mass is 9.92. The van der Waals surface area contributed by atoms with Crippen molar-refractivity contribution in [3.8, 4) is 0 Å². The molecule has 1 heterocycles.